The average Bonchev–Trinajstić information content (AvgIpc) is 3.27. The molecule has 2 aliphatic heterocycles. The molecule has 2 aromatic carbocycles. The van der Waals surface area contributed by atoms with E-state index in [2.05, 4.69) is 24.9 Å². The molecule has 2 unspecified atom stereocenters. The molecular weight excluding hydrogens is 494 g/mol. The first-order valence-corrected chi connectivity index (χ1v) is 14.9. The number of carbonyl (C=O) groups is 1. The second kappa shape index (κ2) is 10.1. The standard InChI is InChI=1S/C27H33N3O4S2/c1-18-15-19(2)17-30(16-18)36(32,33)23-9-7-21(8-10-23)26(31)29-13-11-22(12-14-29)34-27-28-25-20(3)5-4-6-24(25)35-27/h4-10,18-19,22H,11-17H2,1-3H3. The molecule has 1 aromatic heterocycles. The molecule has 2 atom stereocenters. The van der Waals surface area contributed by atoms with Crippen LogP contribution in [0.2, 0.25) is 0 Å². The Labute approximate surface area is 217 Å². The molecule has 7 nitrogen and oxygen atoms in total. The van der Waals surface area contributed by atoms with Crippen LogP contribution >= 0.6 is 11.3 Å². The highest BCUT2D eigenvalue weighted by molar-refractivity contribution is 7.89. The van der Waals surface area contributed by atoms with Crippen LogP contribution in [-0.2, 0) is 10.0 Å². The summed E-state index contributed by atoms with van der Waals surface area (Å²) in [5.41, 5.74) is 2.63. The maximum absolute atomic E-state index is 13.1. The second-order valence-electron chi connectivity index (χ2n) is 10.3. The Kier molecular flexibility index (Phi) is 7.07. The average molecular weight is 528 g/mol. The third kappa shape index (κ3) is 5.14. The van der Waals surface area contributed by atoms with Gasteiger partial charge in [-0.05, 0) is 61.1 Å². The molecule has 0 radical (unpaired) electrons. The lowest BCUT2D eigenvalue weighted by molar-refractivity contribution is 0.0595. The zero-order valence-corrected chi connectivity index (χ0v) is 22.6. The van der Waals surface area contributed by atoms with Gasteiger partial charge in [0, 0.05) is 44.6 Å². The molecule has 0 aliphatic carbocycles. The topological polar surface area (TPSA) is 79.8 Å². The van der Waals surface area contributed by atoms with E-state index in [-0.39, 0.29) is 16.9 Å². The first-order valence-electron chi connectivity index (χ1n) is 12.6. The van der Waals surface area contributed by atoms with Gasteiger partial charge in [0.05, 0.1) is 15.1 Å². The molecule has 3 aromatic rings. The maximum Gasteiger partial charge on any atom is 0.274 e. The van der Waals surface area contributed by atoms with Gasteiger partial charge in [0.15, 0.2) is 0 Å². The van der Waals surface area contributed by atoms with E-state index in [9.17, 15) is 13.2 Å². The number of aryl methyl sites for hydroxylation is 1. The molecule has 0 spiro atoms. The van der Waals surface area contributed by atoms with Gasteiger partial charge in [0.2, 0.25) is 10.0 Å². The monoisotopic (exact) mass is 527 g/mol. The minimum absolute atomic E-state index is 0.0248. The van der Waals surface area contributed by atoms with Gasteiger partial charge < -0.3 is 9.64 Å². The van der Waals surface area contributed by atoms with Crippen molar-refractivity contribution < 1.29 is 17.9 Å². The van der Waals surface area contributed by atoms with Crippen molar-refractivity contribution in [1.82, 2.24) is 14.2 Å². The number of hydrogen-bond donors (Lipinski definition) is 0. The van der Waals surface area contributed by atoms with Crippen LogP contribution in [0.15, 0.2) is 47.4 Å². The maximum atomic E-state index is 13.1. The number of likely N-dealkylation sites (tertiary alicyclic amines) is 1. The lowest BCUT2D eigenvalue weighted by Crippen LogP contribution is -2.42. The van der Waals surface area contributed by atoms with E-state index in [4.69, 9.17) is 4.74 Å². The van der Waals surface area contributed by atoms with Crippen molar-refractivity contribution in [2.45, 2.75) is 51.0 Å². The second-order valence-corrected chi connectivity index (χ2v) is 13.2. The SMILES string of the molecule is Cc1cccc2sc(OC3CCN(C(=O)c4ccc(S(=O)(=O)N5CC(C)CC(C)C5)cc4)CC3)nc12. The number of carbonyl (C=O) groups excluding carboxylic acids is 1. The third-order valence-corrected chi connectivity index (χ3v) is 9.93. The zero-order chi connectivity index (χ0) is 25.4. The summed E-state index contributed by atoms with van der Waals surface area (Å²) in [4.78, 5) is 19.8. The van der Waals surface area contributed by atoms with Gasteiger partial charge in [0.1, 0.15) is 6.10 Å². The number of fused-ring (bicyclic) bond motifs is 1. The fraction of sp³-hybridized carbons (Fsp3) is 0.481. The molecule has 0 bridgehead atoms. The lowest BCUT2D eigenvalue weighted by Gasteiger charge is -2.34. The van der Waals surface area contributed by atoms with Crippen molar-refractivity contribution in [2.24, 2.45) is 11.8 Å². The Morgan fingerprint density at radius 3 is 2.33 bits per heavy atom. The Balaban J connectivity index is 1.19. The Hall–Kier alpha value is -2.49. The molecule has 2 saturated heterocycles. The molecule has 3 heterocycles. The van der Waals surface area contributed by atoms with Gasteiger partial charge in [-0.25, -0.2) is 13.4 Å². The molecular formula is C27H33N3O4S2. The van der Waals surface area contributed by atoms with E-state index in [0.717, 1.165) is 35.0 Å². The minimum Gasteiger partial charge on any atom is -0.467 e. The number of thiazole rings is 1. The minimum atomic E-state index is -3.56. The van der Waals surface area contributed by atoms with Crippen LogP contribution in [0, 0.1) is 18.8 Å². The fourth-order valence-electron chi connectivity index (χ4n) is 5.34. The summed E-state index contributed by atoms with van der Waals surface area (Å²) < 4.78 is 35.1. The Morgan fingerprint density at radius 2 is 1.69 bits per heavy atom. The van der Waals surface area contributed by atoms with Crippen molar-refractivity contribution in [3.8, 4) is 5.19 Å². The summed E-state index contributed by atoms with van der Waals surface area (Å²) in [5, 5.41) is 0.679. The smallest absolute Gasteiger partial charge is 0.274 e. The number of para-hydroxylation sites is 1. The van der Waals surface area contributed by atoms with Crippen LogP contribution in [0.1, 0.15) is 49.0 Å². The molecule has 36 heavy (non-hydrogen) atoms. The van der Waals surface area contributed by atoms with Crippen LogP contribution in [0.3, 0.4) is 0 Å². The van der Waals surface area contributed by atoms with E-state index in [1.807, 2.05) is 24.0 Å². The summed E-state index contributed by atoms with van der Waals surface area (Å²) >= 11 is 1.56. The Bertz CT molecular complexity index is 1340. The first kappa shape index (κ1) is 25.2. The van der Waals surface area contributed by atoms with Gasteiger partial charge in [-0.1, -0.05) is 37.3 Å². The van der Waals surface area contributed by atoms with Crippen LogP contribution in [-0.4, -0.2) is 60.8 Å². The third-order valence-electron chi connectivity index (χ3n) is 7.17. The first-order chi connectivity index (χ1) is 17.2. The number of aromatic nitrogens is 1. The largest absolute Gasteiger partial charge is 0.467 e. The normalized spacial score (nSPS) is 22.1. The van der Waals surface area contributed by atoms with Gasteiger partial charge in [0.25, 0.3) is 11.1 Å². The van der Waals surface area contributed by atoms with Crippen LogP contribution in [0.5, 0.6) is 5.19 Å². The number of piperidine rings is 2. The predicted octanol–water partition coefficient (Wildman–Crippen LogP) is 4.95. The van der Waals surface area contributed by atoms with Crippen molar-refractivity contribution in [1.29, 1.82) is 0 Å². The van der Waals surface area contributed by atoms with E-state index < -0.39 is 10.0 Å². The summed E-state index contributed by atoms with van der Waals surface area (Å²) in [5.74, 6) is 0.610. The van der Waals surface area contributed by atoms with E-state index >= 15 is 0 Å². The molecule has 192 valence electrons. The zero-order valence-electron chi connectivity index (χ0n) is 21.0. The number of rotatable bonds is 5. The van der Waals surface area contributed by atoms with Crippen molar-refractivity contribution in [3.05, 3.63) is 53.6 Å². The number of sulfonamides is 1. The molecule has 1 amide bonds. The van der Waals surface area contributed by atoms with Crippen molar-refractivity contribution in [3.63, 3.8) is 0 Å². The Morgan fingerprint density at radius 1 is 1.03 bits per heavy atom. The summed E-state index contributed by atoms with van der Waals surface area (Å²) in [6.07, 6.45) is 2.54. The van der Waals surface area contributed by atoms with Crippen LogP contribution in [0.25, 0.3) is 10.2 Å². The van der Waals surface area contributed by atoms with Crippen LogP contribution in [0.4, 0.5) is 0 Å². The molecule has 2 fully saturated rings. The summed E-state index contributed by atoms with van der Waals surface area (Å²) in [6.45, 7) is 8.50. The number of hydrogen-bond acceptors (Lipinski definition) is 6. The van der Waals surface area contributed by atoms with Crippen LogP contribution < -0.4 is 4.74 Å². The van der Waals surface area contributed by atoms with Crippen molar-refractivity contribution in [2.75, 3.05) is 26.2 Å². The van der Waals surface area contributed by atoms with Gasteiger partial charge in [-0.3, -0.25) is 4.79 Å². The van der Waals surface area contributed by atoms with E-state index in [0.29, 0.717) is 48.8 Å². The molecule has 5 rings (SSSR count). The number of ether oxygens (including phenoxy) is 1. The number of amides is 1. The van der Waals surface area contributed by atoms with E-state index in [1.54, 1.807) is 39.9 Å². The quantitative estimate of drug-likeness (QED) is 0.469. The lowest BCUT2D eigenvalue weighted by atomic mass is 9.94. The number of nitrogens with zero attached hydrogens (tertiary/aromatic N) is 3. The molecule has 0 N–H and O–H groups in total. The van der Waals surface area contributed by atoms with Crippen molar-refractivity contribution >= 4 is 37.5 Å². The fourth-order valence-corrected chi connectivity index (χ4v) is 7.98. The van der Waals surface area contributed by atoms with E-state index in [1.165, 1.54) is 0 Å². The molecule has 9 heteroatoms. The summed E-state index contributed by atoms with van der Waals surface area (Å²) in [6, 6.07) is 12.5. The van der Waals surface area contributed by atoms with Gasteiger partial charge in [-0.2, -0.15) is 4.31 Å². The van der Waals surface area contributed by atoms with Gasteiger partial charge >= 0.3 is 0 Å². The molecule has 0 saturated carbocycles. The summed E-state index contributed by atoms with van der Waals surface area (Å²) in [7, 11) is -3.56. The van der Waals surface area contributed by atoms with Gasteiger partial charge in [-0.15, -0.1) is 0 Å². The highest BCUT2D eigenvalue weighted by atomic mass is 32.2. The predicted molar refractivity (Wildman–Crippen MR) is 142 cm³/mol. The number of benzene rings is 2. The highest BCUT2D eigenvalue weighted by Crippen LogP contribution is 2.32. The molecule has 2 aliphatic rings. The highest BCUT2D eigenvalue weighted by Gasteiger charge is 2.32.